The van der Waals surface area contributed by atoms with E-state index in [1.54, 1.807) is 6.07 Å². The lowest BCUT2D eigenvalue weighted by Gasteiger charge is -2.30. The number of aromatic nitrogens is 3. The molecule has 3 rings (SSSR count). The summed E-state index contributed by atoms with van der Waals surface area (Å²) >= 11 is 0. The standard InChI is InChI=1S/C13H18FN5/c1-15-8-10-4-6-18(7-5-10)13-16-12-3-2-11(14)9-19(12)17-13/h2-3,9-10,15H,4-8H2,1H3. The molecule has 1 N–H and O–H groups in total. The van der Waals surface area contributed by atoms with E-state index in [0.717, 1.165) is 38.4 Å². The Morgan fingerprint density at radius 1 is 1.37 bits per heavy atom. The van der Waals surface area contributed by atoms with Crippen molar-refractivity contribution in [1.82, 2.24) is 19.9 Å². The molecule has 1 aliphatic rings. The van der Waals surface area contributed by atoms with Gasteiger partial charge in [0.25, 0.3) is 0 Å². The molecule has 0 saturated carbocycles. The van der Waals surface area contributed by atoms with Crippen molar-refractivity contribution >= 4 is 11.6 Å². The summed E-state index contributed by atoms with van der Waals surface area (Å²) in [6.45, 7) is 3.00. The van der Waals surface area contributed by atoms with Gasteiger partial charge in [0.05, 0.1) is 6.20 Å². The van der Waals surface area contributed by atoms with Crippen LogP contribution in [0, 0.1) is 11.7 Å². The van der Waals surface area contributed by atoms with Gasteiger partial charge in [-0.05, 0) is 44.5 Å². The number of piperidine rings is 1. The summed E-state index contributed by atoms with van der Waals surface area (Å²) < 4.78 is 14.6. The molecule has 19 heavy (non-hydrogen) atoms. The molecule has 0 unspecified atom stereocenters. The molecule has 0 amide bonds. The minimum Gasteiger partial charge on any atom is -0.339 e. The summed E-state index contributed by atoms with van der Waals surface area (Å²) in [7, 11) is 1.99. The second kappa shape index (κ2) is 5.13. The highest BCUT2D eigenvalue weighted by atomic mass is 19.1. The first kappa shape index (κ1) is 12.3. The molecule has 0 radical (unpaired) electrons. The summed E-state index contributed by atoms with van der Waals surface area (Å²) in [6, 6.07) is 3.06. The van der Waals surface area contributed by atoms with Crippen molar-refractivity contribution in [2.24, 2.45) is 5.92 Å². The zero-order valence-electron chi connectivity index (χ0n) is 11.0. The van der Waals surface area contributed by atoms with Gasteiger partial charge in [-0.3, -0.25) is 0 Å². The van der Waals surface area contributed by atoms with E-state index in [0.29, 0.717) is 11.6 Å². The Morgan fingerprint density at radius 2 is 2.16 bits per heavy atom. The van der Waals surface area contributed by atoms with Crippen LogP contribution in [0.1, 0.15) is 12.8 Å². The van der Waals surface area contributed by atoms with Crippen LogP contribution in [0.4, 0.5) is 10.3 Å². The van der Waals surface area contributed by atoms with E-state index in [2.05, 4.69) is 20.3 Å². The van der Waals surface area contributed by atoms with Crippen LogP contribution in [0.2, 0.25) is 0 Å². The Bertz CT molecular complexity index is 559. The van der Waals surface area contributed by atoms with Crippen molar-refractivity contribution in [3.05, 3.63) is 24.1 Å². The minimum absolute atomic E-state index is 0.295. The van der Waals surface area contributed by atoms with E-state index in [-0.39, 0.29) is 5.82 Å². The Morgan fingerprint density at radius 3 is 2.89 bits per heavy atom. The predicted molar refractivity (Wildman–Crippen MR) is 71.8 cm³/mol. The zero-order valence-corrected chi connectivity index (χ0v) is 11.0. The molecule has 1 saturated heterocycles. The molecule has 5 nitrogen and oxygen atoms in total. The van der Waals surface area contributed by atoms with Gasteiger partial charge in [0.15, 0.2) is 5.65 Å². The van der Waals surface area contributed by atoms with Gasteiger partial charge in [0.1, 0.15) is 5.82 Å². The first-order valence-corrected chi connectivity index (χ1v) is 6.68. The monoisotopic (exact) mass is 263 g/mol. The van der Waals surface area contributed by atoms with Crippen molar-refractivity contribution < 1.29 is 4.39 Å². The predicted octanol–water partition coefficient (Wildman–Crippen LogP) is 1.30. The second-order valence-electron chi connectivity index (χ2n) is 5.05. The molecule has 3 heterocycles. The SMILES string of the molecule is CNCC1CCN(c2nc3ccc(F)cn3n2)CC1. The number of nitrogens with one attached hydrogen (secondary N) is 1. The van der Waals surface area contributed by atoms with E-state index >= 15 is 0 Å². The van der Waals surface area contributed by atoms with E-state index in [4.69, 9.17) is 0 Å². The third-order valence-electron chi connectivity index (χ3n) is 3.67. The van der Waals surface area contributed by atoms with Gasteiger partial charge in [-0.1, -0.05) is 0 Å². The Balaban J connectivity index is 1.74. The summed E-state index contributed by atoms with van der Waals surface area (Å²) in [6.07, 6.45) is 3.65. The van der Waals surface area contributed by atoms with Crippen LogP contribution in [-0.2, 0) is 0 Å². The normalized spacial score (nSPS) is 17.3. The van der Waals surface area contributed by atoms with Crippen LogP contribution in [0.5, 0.6) is 0 Å². The smallest absolute Gasteiger partial charge is 0.245 e. The van der Waals surface area contributed by atoms with Gasteiger partial charge < -0.3 is 10.2 Å². The van der Waals surface area contributed by atoms with Crippen LogP contribution >= 0.6 is 0 Å². The summed E-state index contributed by atoms with van der Waals surface area (Å²) in [4.78, 5) is 6.62. The molecule has 102 valence electrons. The Hall–Kier alpha value is -1.69. The fourth-order valence-corrected chi connectivity index (χ4v) is 2.61. The summed E-state index contributed by atoms with van der Waals surface area (Å²) in [5.41, 5.74) is 0.689. The number of rotatable bonds is 3. The highest BCUT2D eigenvalue weighted by Crippen LogP contribution is 2.20. The average Bonchev–Trinajstić information content (AvgIpc) is 2.83. The van der Waals surface area contributed by atoms with Crippen molar-refractivity contribution in [3.8, 4) is 0 Å². The molecule has 6 heteroatoms. The molecule has 0 bridgehead atoms. The van der Waals surface area contributed by atoms with E-state index in [1.165, 1.54) is 16.8 Å². The molecule has 0 spiro atoms. The fraction of sp³-hybridized carbons (Fsp3) is 0.538. The highest BCUT2D eigenvalue weighted by molar-refractivity contribution is 5.44. The van der Waals surface area contributed by atoms with E-state index in [1.807, 2.05) is 7.05 Å². The number of hydrogen-bond acceptors (Lipinski definition) is 4. The van der Waals surface area contributed by atoms with E-state index in [9.17, 15) is 4.39 Å². The lowest BCUT2D eigenvalue weighted by molar-refractivity contribution is 0.391. The third-order valence-corrected chi connectivity index (χ3v) is 3.67. The van der Waals surface area contributed by atoms with Gasteiger partial charge in [0.2, 0.25) is 5.95 Å². The van der Waals surface area contributed by atoms with Crippen LogP contribution in [-0.4, -0.2) is 41.3 Å². The van der Waals surface area contributed by atoms with Crippen molar-refractivity contribution in [3.63, 3.8) is 0 Å². The third kappa shape index (κ3) is 2.53. The molecule has 1 aliphatic heterocycles. The maximum absolute atomic E-state index is 13.1. The largest absolute Gasteiger partial charge is 0.339 e. The molecule has 0 aliphatic carbocycles. The average molecular weight is 263 g/mol. The number of fused-ring (bicyclic) bond motifs is 1. The zero-order chi connectivity index (χ0) is 13.2. The molecule has 0 aromatic carbocycles. The molecular weight excluding hydrogens is 245 g/mol. The fourth-order valence-electron chi connectivity index (χ4n) is 2.61. The van der Waals surface area contributed by atoms with Crippen LogP contribution < -0.4 is 10.2 Å². The van der Waals surface area contributed by atoms with Gasteiger partial charge in [-0.2, -0.15) is 4.98 Å². The molecule has 0 atom stereocenters. The highest BCUT2D eigenvalue weighted by Gasteiger charge is 2.21. The topological polar surface area (TPSA) is 45.5 Å². The quantitative estimate of drug-likeness (QED) is 0.907. The van der Waals surface area contributed by atoms with Gasteiger partial charge in [0, 0.05) is 13.1 Å². The maximum Gasteiger partial charge on any atom is 0.245 e. The Labute approximate surface area is 111 Å². The van der Waals surface area contributed by atoms with Gasteiger partial charge in [-0.15, -0.1) is 5.10 Å². The van der Waals surface area contributed by atoms with Gasteiger partial charge in [-0.25, -0.2) is 8.91 Å². The lowest BCUT2D eigenvalue weighted by Crippen LogP contribution is -2.37. The summed E-state index contributed by atoms with van der Waals surface area (Å²) in [5, 5.41) is 7.57. The Kier molecular flexibility index (Phi) is 3.33. The number of anilines is 1. The number of pyridine rings is 1. The molecule has 1 fully saturated rings. The lowest BCUT2D eigenvalue weighted by atomic mass is 9.97. The van der Waals surface area contributed by atoms with Crippen LogP contribution in [0.3, 0.4) is 0 Å². The first-order valence-electron chi connectivity index (χ1n) is 6.68. The van der Waals surface area contributed by atoms with Crippen LogP contribution in [0.25, 0.3) is 5.65 Å². The van der Waals surface area contributed by atoms with Crippen molar-refractivity contribution in [2.75, 3.05) is 31.6 Å². The second-order valence-corrected chi connectivity index (χ2v) is 5.05. The van der Waals surface area contributed by atoms with Crippen molar-refractivity contribution in [1.29, 1.82) is 0 Å². The van der Waals surface area contributed by atoms with Crippen molar-refractivity contribution in [2.45, 2.75) is 12.8 Å². The van der Waals surface area contributed by atoms with Crippen LogP contribution in [0.15, 0.2) is 18.3 Å². The molecule has 2 aromatic rings. The number of halogens is 1. The van der Waals surface area contributed by atoms with E-state index < -0.39 is 0 Å². The van der Waals surface area contributed by atoms with Gasteiger partial charge >= 0.3 is 0 Å². The first-order chi connectivity index (χ1) is 9.26. The number of nitrogens with zero attached hydrogens (tertiary/aromatic N) is 4. The minimum atomic E-state index is -0.295. The number of hydrogen-bond donors (Lipinski definition) is 1. The molecular formula is C13H18FN5. The maximum atomic E-state index is 13.1. The summed E-state index contributed by atoms with van der Waals surface area (Å²) in [5.74, 6) is 1.14. The molecule has 2 aromatic heterocycles.